The lowest BCUT2D eigenvalue weighted by molar-refractivity contribution is 0.111. The van der Waals surface area contributed by atoms with E-state index in [0.29, 0.717) is 17.4 Å². The van der Waals surface area contributed by atoms with Crippen molar-refractivity contribution in [3.05, 3.63) is 35.5 Å². The summed E-state index contributed by atoms with van der Waals surface area (Å²) in [7, 11) is 0. The second kappa shape index (κ2) is 3.24. The molecule has 0 spiro atoms. The van der Waals surface area contributed by atoms with Gasteiger partial charge in [0.05, 0.1) is 11.2 Å². The Morgan fingerprint density at radius 2 is 2.07 bits per heavy atom. The summed E-state index contributed by atoms with van der Waals surface area (Å²) in [6.07, 6.45) is -0.565. The molecule has 0 saturated carbocycles. The molecule has 2 aromatic rings. The minimum atomic E-state index is -1.14. The molecule has 0 saturated heterocycles. The molecule has 1 aromatic heterocycles. The van der Waals surface area contributed by atoms with Gasteiger partial charge in [0.1, 0.15) is 0 Å². The van der Waals surface area contributed by atoms with E-state index in [4.69, 9.17) is 5.11 Å². The molecule has 76 valence electrons. The number of rotatable bonds is 1. The van der Waals surface area contributed by atoms with Gasteiger partial charge in [-0.25, -0.2) is 9.36 Å². The SMILES string of the molecule is Cc1c(C=O)n(C(=O)O)c2ccccc12. The van der Waals surface area contributed by atoms with Crippen molar-refractivity contribution in [2.45, 2.75) is 6.92 Å². The van der Waals surface area contributed by atoms with Gasteiger partial charge in [-0.3, -0.25) is 4.79 Å². The van der Waals surface area contributed by atoms with Gasteiger partial charge >= 0.3 is 6.09 Å². The van der Waals surface area contributed by atoms with Crippen molar-refractivity contribution in [1.82, 2.24) is 4.57 Å². The van der Waals surface area contributed by atoms with Crippen molar-refractivity contribution in [3.63, 3.8) is 0 Å². The molecule has 0 fully saturated rings. The van der Waals surface area contributed by atoms with Crippen LogP contribution in [0.1, 0.15) is 16.1 Å². The van der Waals surface area contributed by atoms with Gasteiger partial charge in [-0.2, -0.15) is 0 Å². The third kappa shape index (κ3) is 1.22. The smallest absolute Gasteiger partial charge is 0.416 e. The first-order valence-corrected chi connectivity index (χ1v) is 4.45. The summed E-state index contributed by atoms with van der Waals surface area (Å²) in [5.41, 5.74) is 1.44. The Morgan fingerprint density at radius 1 is 1.40 bits per heavy atom. The minimum absolute atomic E-state index is 0.198. The van der Waals surface area contributed by atoms with Crippen LogP contribution in [0.25, 0.3) is 10.9 Å². The largest absolute Gasteiger partial charge is 0.464 e. The lowest BCUT2D eigenvalue weighted by atomic mass is 10.2. The summed E-state index contributed by atoms with van der Waals surface area (Å²) in [5.74, 6) is 0. The molecule has 4 nitrogen and oxygen atoms in total. The zero-order valence-electron chi connectivity index (χ0n) is 8.10. The first-order valence-electron chi connectivity index (χ1n) is 4.45. The van der Waals surface area contributed by atoms with Crippen molar-refractivity contribution in [3.8, 4) is 0 Å². The van der Waals surface area contributed by atoms with Gasteiger partial charge in [-0.1, -0.05) is 18.2 Å². The van der Waals surface area contributed by atoms with Crippen LogP contribution in [0.5, 0.6) is 0 Å². The van der Waals surface area contributed by atoms with Crippen LogP contribution in [0.4, 0.5) is 4.79 Å². The number of nitrogens with zero attached hydrogens (tertiary/aromatic N) is 1. The van der Waals surface area contributed by atoms with Crippen molar-refractivity contribution in [2.24, 2.45) is 0 Å². The van der Waals surface area contributed by atoms with E-state index >= 15 is 0 Å². The highest BCUT2D eigenvalue weighted by atomic mass is 16.4. The summed E-state index contributed by atoms with van der Waals surface area (Å²) >= 11 is 0. The van der Waals surface area contributed by atoms with Gasteiger partial charge in [0.15, 0.2) is 6.29 Å². The number of carboxylic acid groups (broad SMARTS) is 1. The van der Waals surface area contributed by atoms with E-state index in [0.717, 1.165) is 9.95 Å². The van der Waals surface area contributed by atoms with Crippen molar-refractivity contribution >= 4 is 23.3 Å². The monoisotopic (exact) mass is 203 g/mol. The number of para-hydroxylation sites is 1. The molecule has 1 aromatic carbocycles. The highest BCUT2D eigenvalue weighted by Crippen LogP contribution is 2.23. The van der Waals surface area contributed by atoms with Crippen LogP contribution in [-0.4, -0.2) is 22.1 Å². The number of carbonyl (C=O) groups excluding carboxylic acids is 1. The van der Waals surface area contributed by atoms with Crippen molar-refractivity contribution < 1.29 is 14.7 Å². The summed E-state index contributed by atoms with van der Waals surface area (Å²) in [5, 5.41) is 9.81. The quantitative estimate of drug-likeness (QED) is 0.723. The minimum Gasteiger partial charge on any atom is -0.464 e. The fourth-order valence-corrected chi connectivity index (χ4v) is 1.77. The van der Waals surface area contributed by atoms with Gasteiger partial charge in [0, 0.05) is 5.39 Å². The Balaban J connectivity index is 2.97. The normalized spacial score (nSPS) is 10.5. The van der Waals surface area contributed by atoms with E-state index in [2.05, 4.69) is 0 Å². The maximum Gasteiger partial charge on any atom is 0.416 e. The molecule has 1 N–H and O–H groups in total. The number of aromatic nitrogens is 1. The number of aryl methyl sites for hydroxylation is 1. The fraction of sp³-hybridized carbons (Fsp3) is 0.0909. The number of fused-ring (bicyclic) bond motifs is 1. The van der Waals surface area contributed by atoms with E-state index in [1.54, 1.807) is 25.1 Å². The second-order valence-electron chi connectivity index (χ2n) is 3.26. The molecule has 0 amide bonds. The maximum absolute atomic E-state index is 11.0. The Morgan fingerprint density at radius 3 is 2.67 bits per heavy atom. The van der Waals surface area contributed by atoms with Crippen LogP contribution in [0.15, 0.2) is 24.3 Å². The standard InChI is InChI=1S/C11H9NO3/c1-7-8-4-2-3-5-9(8)12(11(14)15)10(7)6-13/h2-6H,1H3,(H,14,15). The fourth-order valence-electron chi connectivity index (χ4n) is 1.77. The van der Waals surface area contributed by atoms with Gasteiger partial charge in [-0.15, -0.1) is 0 Å². The molecule has 1 heterocycles. The van der Waals surface area contributed by atoms with Crippen LogP contribution in [0.3, 0.4) is 0 Å². The summed E-state index contributed by atoms with van der Waals surface area (Å²) in [4.78, 5) is 21.9. The lowest BCUT2D eigenvalue weighted by Gasteiger charge is -1.98. The van der Waals surface area contributed by atoms with Crippen LogP contribution in [0, 0.1) is 6.92 Å². The van der Waals surface area contributed by atoms with E-state index in [-0.39, 0.29) is 5.69 Å². The lowest BCUT2D eigenvalue weighted by Crippen LogP contribution is -2.11. The number of benzene rings is 1. The molecule has 0 aliphatic heterocycles. The summed E-state index contributed by atoms with van der Waals surface area (Å²) in [6, 6.07) is 7.05. The first-order chi connectivity index (χ1) is 7.16. The van der Waals surface area contributed by atoms with Crippen LogP contribution < -0.4 is 0 Å². The highest BCUT2D eigenvalue weighted by molar-refractivity contribution is 5.99. The first kappa shape index (κ1) is 9.45. The molecule has 0 aliphatic rings. The van der Waals surface area contributed by atoms with E-state index in [9.17, 15) is 9.59 Å². The van der Waals surface area contributed by atoms with Gasteiger partial charge in [0.25, 0.3) is 0 Å². The average molecular weight is 203 g/mol. The molecule has 0 radical (unpaired) electrons. The van der Waals surface area contributed by atoms with Crippen molar-refractivity contribution in [1.29, 1.82) is 0 Å². The molecular weight excluding hydrogens is 194 g/mol. The molecule has 0 atom stereocenters. The Labute approximate surface area is 85.7 Å². The predicted molar refractivity (Wildman–Crippen MR) is 55.5 cm³/mol. The Kier molecular flexibility index (Phi) is 2.04. The number of aldehydes is 1. The van der Waals surface area contributed by atoms with Crippen LogP contribution >= 0.6 is 0 Å². The van der Waals surface area contributed by atoms with Crippen LogP contribution in [0.2, 0.25) is 0 Å². The summed E-state index contributed by atoms with van der Waals surface area (Å²) < 4.78 is 1.01. The number of hydrogen-bond donors (Lipinski definition) is 1. The number of hydrogen-bond acceptors (Lipinski definition) is 2. The summed E-state index contributed by atoms with van der Waals surface area (Å²) in [6.45, 7) is 1.74. The zero-order valence-corrected chi connectivity index (χ0v) is 8.10. The van der Waals surface area contributed by atoms with Crippen LogP contribution in [-0.2, 0) is 0 Å². The van der Waals surface area contributed by atoms with Gasteiger partial charge in [0.2, 0.25) is 0 Å². The number of carbonyl (C=O) groups is 2. The van der Waals surface area contributed by atoms with Gasteiger partial charge < -0.3 is 5.11 Å². The highest BCUT2D eigenvalue weighted by Gasteiger charge is 2.16. The van der Waals surface area contributed by atoms with Gasteiger partial charge in [-0.05, 0) is 18.6 Å². The molecule has 2 rings (SSSR count). The topological polar surface area (TPSA) is 59.3 Å². The molecular formula is C11H9NO3. The molecule has 0 unspecified atom stereocenters. The molecule has 0 bridgehead atoms. The molecule has 4 heteroatoms. The van der Waals surface area contributed by atoms with Crippen molar-refractivity contribution in [2.75, 3.05) is 0 Å². The average Bonchev–Trinajstić information content (AvgIpc) is 2.52. The third-order valence-corrected chi connectivity index (χ3v) is 2.48. The predicted octanol–water partition coefficient (Wildman–Crippen LogP) is 2.29. The van der Waals surface area contributed by atoms with E-state index < -0.39 is 6.09 Å². The Bertz CT molecular complexity index is 554. The van der Waals surface area contributed by atoms with E-state index in [1.807, 2.05) is 6.07 Å². The maximum atomic E-state index is 11.0. The zero-order chi connectivity index (χ0) is 11.0. The van der Waals surface area contributed by atoms with E-state index in [1.165, 1.54) is 0 Å². The Hall–Kier alpha value is -2.10. The second-order valence-corrected chi connectivity index (χ2v) is 3.26. The molecule has 0 aliphatic carbocycles. The molecule has 15 heavy (non-hydrogen) atoms. The third-order valence-electron chi connectivity index (χ3n) is 2.48.